The van der Waals surface area contributed by atoms with Crippen molar-refractivity contribution in [1.82, 2.24) is 20.4 Å². The molecule has 3 N–H and O–H groups in total. The van der Waals surface area contributed by atoms with E-state index in [1.54, 1.807) is 36.2 Å². The van der Waals surface area contributed by atoms with E-state index in [-0.39, 0.29) is 11.2 Å². The number of methoxy groups -OCH3 is 1. The number of hydrogen-bond donors (Lipinski definition) is 3. The van der Waals surface area contributed by atoms with Crippen LogP contribution in [0.15, 0.2) is 72.9 Å². The fraction of sp³-hybridized carbons (Fsp3) is 0.323. The van der Waals surface area contributed by atoms with Crippen LogP contribution in [0.3, 0.4) is 0 Å². The number of amides is 2. The molecular weight excluding hydrogens is 527 g/mol. The Balaban J connectivity index is 1.62. The number of nitrogens with zero attached hydrogens (tertiary/aromatic N) is 2. The third kappa shape index (κ3) is 7.53. The Morgan fingerprint density at radius 2 is 1.76 bits per heavy atom. The fourth-order valence-electron chi connectivity index (χ4n) is 4.67. The molecule has 0 aliphatic rings. The quantitative estimate of drug-likeness (QED) is 0.223. The molecule has 0 saturated heterocycles. The van der Waals surface area contributed by atoms with Crippen LogP contribution in [0, 0.1) is 11.2 Å². The first-order chi connectivity index (χ1) is 19.4. The molecule has 4 rings (SSSR count). The molecule has 10 heteroatoms. The van der Waals surface area contributed by atoms with E-state index in [0.717, 1.165) is 22.2 Å². The van der Waals surface area contributed by atoms with Gasteiger partial charge in [0.25, 0.3) is 0 Å². The summed E-state index contributed by atoms with van der Waals surface area (Å²) in [6.07, 6.45) is 0.111. The molecule has 0 aliphatic carbocycles. The normalized spacial score (nSPS) is 13.7. The van der Waals surface area contributed by atoms with Gasteiger partial charge >= 0.3 is 6.09 Å². The molecule has 4 aromatic rings. The van der Waals surface area contributed by atoms with Crippen LogP contribution in [0.4, 0.5) is 9.18 Å². The lowest BCUT2D eigenvalue weighted by Gasteiger charge is -2.30. The maximum atomic E-state index is 13.4. The minimum Gasteiger partial charge on any atom is -0.497 e. The number of benzene rings is 3. The summed E-state index contributed by atoms with van der Waals surface area (Å²) in [6, 6.07) is 17.5. The van der Waals surface area contributed by atoms with Crippen LogP contribution in [0.25, 0.3) is 16.6 Å². The number of carbonyl (C=O) groups is 2. The lowest BCUT2D eigenvalue weighted by molar-refractivity contribution is -0.125. The van der Waals surface area contributed by atoms with Crippen LogP contribution in [0.5, 0.6) is 11.5 Å². The van der Waals surface area contributed by atoms with Gasteiger partial charge < -0.3 is 25.2 Å². The van der Waals surface area contributed by atoms with Gasteiger partial charge in [-0.25, -0.2) is 13.9 Å². The van der Waals surface area contributed by atoms with Gasteiger partial charge in [0.05, 0.1) is 30.6 Å². The monoisotopic (exact) mass is 562 g/mol. The van der Waals surface area contributed by atoms with E-state index in [1.807, 2.05) is 64.1 Å². The molecule has 41 heavy (non-hydrogen) atoms. The van der Waals surface area contributed by atoms with E-state index in [2.05, 4.69) is 15.7 Å². The Labute approximate surface area is 238 Å². The van der Waals surface area contributed by atoms with Crippen molar-refractivity contribution in [3.63, 3.8) is 0 Å². The highest BCUT2D eigenvalue weighted by Crippen LogP contribution is 2.31. The molecule has 0 saturated carbocycles. The summed E-state index contributed by atoms with van der Waals surface area (Å²) in [5.41, 5.74) is 2.01. The summed E-state index contributed by atoms with van der Waals surface area (Å²) in [5, 5.41) is 19.9. The summed E-state index contributed by atoms with van der Waals surface area (Å²) in [6.45, 7) is 7.63. The SMILES string of the molecule is COc1cccc([C@H](Oc2ccc3c(cnn3-c3ccc(F)cc3)c2)[C@H](C)NC(=O)[C@@H](CC(C)(C)C)NC(=O)O)c1. The van der Waals surface area contributed by atoms with Crippen molar-refractivity contribution < 1.29 is 28.6 Å². The first kappa shape index (κ1) is 29.4. The van der Waals surface area contributed by atoms with Gasteiger partial charge in [0, 0.05) is 5.39 Å². The highest BCUT2D eigenvalue weighted by Gasteiger charge is 2.30. The van der Waals surface area contributed by atoms with E-state index in [9.17, 15) is 19.1 Å². The first-order valence-corrected chi connectivity index (χ1v) is 13.3. The molecule has 2 amide bonds. The lowest BCUT2D eigenvalue weighted by Crippen LogP contribution is -2.51. The maximum absolute atomic E-state index is 13.4. The highest BCUT2D eigenvalue weighted by molar-refractivity contribution is 5.85. The number of ether oxygens (including phenoxy) is 2. The van der Waals surface area contributed by atoms with Crippen molar-refractivity contribution in [2.45, 2.75) is 52.3 Å². The van der Waals surface area contributed by atoms with E-state index in [1.165, 1.54) is 12.1 Å². The van der Waals surface area contributed by atoms with E-state index in [0.29, 0.717) is 17.9 Å². The molecule has 3 atom stereocenters. The number of carboxylic acid groups (broad SMARTS) is 1. The standard InChI is InChI=1S/C31H35FN4O5/c1-19(34-29(37)26(35-30(38)39)17-31(2,3)4)28(20-7-6-8-24(15-20)40-5)41-25-13-14-27-21(16-25)18-33-36(27)23-11-9-22(32)10-12-23/h6-16,18-19,26,28,35H,17H2,1-5H3,(H,34,37)(H,38,39)/t19-,26+,28+/m0/s1. The third-order valence-corrected chi connectivity index (χ3v) is 6.55. The smallest absolute Gasteiger partial charge is 0.405 e. The molecule has 0 unspecified atom stereocenters. The molecule has 0 aliphatic heterocycles. The average molecular weight is 563 g/mol. The van der Waals surface area contributed by atoms with Crippen LogP contribution >= 0.6 is 0 Å². The number of halogens is 1. The average Bonchev–Trinajstić information content (AvgIpc) is 3.34. The number of carbonyl (C=O) groups excluding carboxylic acids is 1. The van der Waals surface area contributed by atoms with Gasteiger partial charge in [-0.15, -0.1) is 0 Å². The van der Waals surface area contributed by atoms with Gasteiger partial charge in [0.15, 0.2) is 0 Å². The van der Waals surface area contributed by atoms with Gasteiger partial charge in [0.1, 0.15) is 29.5 Å². The Hall–Kier alpha value is -4.60. The van der Waals surface area contributed by atoms with Gasteiger partial charge in [-0.2, -0.15) is 5.10 Å². The molecule has 1 heterocycles. The van der Waals surface area contributed by atoms with Crippen LogP contribution < -0.4 is 20.1 Å². The Morgan fingerprint density at radius 3 is 2.41 bits per heavy atom. The number of nitrogens with one attached hydrogen (secondary N) is 2. The maximum Gasteiger partial charge on any atom is 0.405 e. The Bertz CT molecular complexity index is 1510. The summed E-state index contributed by atoms with van der Waals surface area (Å²) in [7, 11) is 1.57. The van der Waals surface area contributed by atoms with Crippen LogP contribution in [0.1, 0.15) is 45.8 Å². The number of rotatable bonds is 10. The fourth-order valence-corrected chi connectivity index (χ4v) is 4.67. The van der Waals surface area contributed by atoms with Gasteiger partial charge in [-0.1, -0.05) is 32.9 Å². The molecule has 0 fully saturated rings. The van der Waals surface area contributed by atoms with Gasteiger partial charge in [-0.3, -0.25) is 4.79 Å². The van der Waals surface area contributed by atoms with Crippen LogP contribution in [0.2, 0.25) is 0 Å². The topological polar surface area (TPSA) is 115 Å². The highest BCUT2D eigenvalue weighted by atomic mass is 19.1. The van der Waals surface area contributed by atoms with Crippen LogP contribution in [-0.4, -0.2) is 46.1 Å². The molecule has 1 aromatic heterocycles. The second-order valence-corrected chi connectivity index (χ2v) is 11.1. The zero-order chi connectivity index (χ0) is 29.7. The molecule has 0 radical (unpaired) electrons. The second kappa shape index (κ2) is 12.3. The largest absolute Gasteiger partial charge is 0.497 e. The van der Waals surface area contributed by atoms with E-state index < -0.39 is 30.2 Å². The predicted molar refractivity (Wildman–Crippen MR) is 154 cm³/mol. The van der Waals surface area contributed by atoms with Crippen molar-refractivity contribution in [2.24, 2.45) is 5.41 Å². The third-order valence-electron chi connectivity index (χ3n) is 6.55. The van der Waals surface area contributed by atoms with Crippen molar-refractivity contribution in [2.75, 3.05) is 7.11 Å². The minimum absolute atomic E-state index is 0.288. The number of fused-ring (bicyclic) bond motifs is 1. The first-order valence-electron chi connectivity index (χ1n) is 13.3. The van der Waals surface area contributed by atoms with Gasteiger partial charge in [0.2, 0.25) is 5.91 Å². The molecule has 0 spiro atoms. The molecule has 9 nitrogen and oxygen atoms in total. The number of aromatic nitrogens is 2. The summed E-state index contributed by atoms with van der Waals surface area (Å²) < 4.78 is 27.0. The van der Waals surface area contributed by atoms with Crippen molar-refractivity contribution >= 4 is 22.9 Å². The number of hydrogen-bond acceptors (Lipinski definition) is 5. The summed E-state index contributed by atoms with van der Waals surface area (Å²) >= 11 is 0. The second-order valence-electron chi connectivity index (χ2n) is 11.1. The van der Waals surface area contributed by atoms with Crippen molar-refractivity contribution in [3.8, 4) is 17.2 Å². The van der Waals surface area contributed by atoms with E-state index in [4.69, 9.17) is 9.47 Å². The summed E-state index contributed by atoms with van der Waals surface area (Å²) in [5.74, 6) is 0.403. The van der Waals surface area contributed by atoms with Crippen molar-refractivity contribution in [1.29, 1.82) is 0 Å². The Morgan fingerprint density at radius 1 is 1.02 bits per heavy atom. The molecular formula is C31H35FN4O5. The van der Waals surface area contributed by atoms with E-state index >= 15 is 0 Å². The van der Waals surface area contributed by atoms with Gasteiger partial charge in [-0.05, 0) is 78.9 Å². The summed E-state index contributed by atoms with van der Waals surface area (Å²) in [4.78, 5) is 24.7. The van der Waals surface area contributed by atoms with Crippen molar-refractivity contribution in [3.05, 3.63) is 84.3 Å². The zero-order valence-electron chi connectivity index (χ0n) is 23.7. The molecule has 0 bridgehead atoms. The van der Waals surface area contributed by atoms with Crippen LogP contribution in [-0.2, 0) is 4.79 Å². The Kier molecular flexibility index (Phi) is 8.80. The minimum atomic E-state index is -1.27. The zero-order valence-corrected chi connectivity index (χ0v) is 23.7. The molecule has 3 aromatic carbocycles. The lowest BCUT2D eigenvalue weighted by atomic mass is 9.87. The predicted octanol–water partition coefficient (Wildman–Crippen LogP) is 5.87. The molecule has 216 valence electrons.